The third kappa shape index (κ3) is 2.86. The number of benzene rings is 2. The number of anilines is 1. The molecule has 1 N–H and O–H groups in total. The van der Waals surface area contributed by atoms with Gasteiger partial charge in [-0.15, -0.1) is 0 Å². The van der Waals surface area contributed by atoms with Gasteiger partial charge in [0.25, 0.3) is 0 Å². The number of hydrogen-bond donors (Lipinski definition) is 1. The zero-order chi connectivity index (χ0) is 18.3. The van der Waals surface area contributed by atoms with E-state index in [1.165, 1.54) is 6.07 Å². The minimum atomic E-state index is -0.998. The van der Waals surface area contributed by atoms with Gasteiger partial charge in [-0.05, 0) is 25.1 Å². The molecule has 25 heavy (non-hydrogen) atoms. The molecule has 0 aliphatic carbocycles. The van der Waals surface area contributed by atoms with Gasteiger partial charge in [0.2, 0.25) is 0 Å². The number of esters is 1. The van der Waals surface area contributed by atoms with Crippen molar-refractivity contribution in [3.05, 3.63) is 64.5 Å². The van der Waals surface area contributed by atoms with E-state index in [2.05, 4.69) is 10.1 Å². The van der Waals surface area contributed by atoms with Crippen molar-refractivity contribution < 1.29 is 27.5 Å². The number of methoxy groups -OCH3 is 1. The summed E-state index contributed by atoms with van der Waals surface area (Å²) in [6.07, 6.45) is 0. The minimum absolute atomic E-state index is 0.00260. The lowest BCUT2D eigenvalue weighted by molar-refractivity contribution is 0.0595. The van der Waals surface area contributed by atoms with Gasteiger partial charge in [-0.1, -0.05) is 6.07 Å². The number of hydrogen-bond acceptors (Lipinski definition) is 4. The van der Waals surface area contributed by atoms with Crippen LogP contribution in [0.3, 0.4) is 0 Å². The highest BCUT2D eigenvalue weighted by Crippen LogP contribution is 2.38. The summed E-state index contributed by atoms with van der Waals surface area (Å²) in [5, 5.41) is 2.91. The first-order chi connectivity index (χ1) is 11.8. The summed E-state index contributed by atoms with van der Waals surface area (Å²) in [4.78, 5) is 24.9. The number of ketones is 1. The average Bonchev–Trinajstić information content (AvgIpc) is 2.54. The van der Waals surface area contributed by atoms with Gasteiger partial charge in [-0.25, -0.2) is 18.0 Å². The molecule has 0 radical (unpaired) electrons. The first kappa shape index (κ1) is 17.0. The fourth-order valence-electron chi connectivity index (χ4n) is 3.13. The van der Waals surface area contributed by atoms with E-state index >= 15 is 0 Å². The summed E-state index contributed by atoms with van der Waals surface area (Å²) in [5.74, 6) is -4.77. The number of carbonyl (C=O) groups excluding carboxylic acids is 2. The molecular weight excluding hydrogens is 335 g/mol. The SMILES string of the molecule is COC(=O)c1cc(F)cc2c1C(=O)C(c1ccc(F)cc1F)C(C)N2. The summed E-state index contributed by atoms with van der Waals surface area (Å²) in [7, 11) is 1.11. The summed E-state index contributed by atoms with van der Waals surface area (Å²) in [5.41, 5.74) is -0.177. The molecule has 3 rings (SSSR count). The van der Waals surface area contributed by atoms with E-state index in [4.69, 9.17) is 0 Å². The second-order valence-corrected chi connectivity index (χ2v) is 5.81. The fraction of sp³-hybridized carbons (Fsp3) is 0.222. The van der Waals surface area contributed by atoms with Crippen LogP contribution in [0.5, 0.6) is 0 Å². The molecule has 0 fully saturated rings. The second-order valence-electron chi connectivity index (χ2n) is 5.81. The highest BCUT2D eigenvalue weighted by atomic mass is 19.1. The minimum Gasteiger partial charge on any atom is -0.465 e. The van der Waals surface area contributed by atoms with Crippen LogP contribution in [0, 0.1) is 17.5 Å². The molecule has 0 spiro atoms. The van der Waals surface area contributed by atoms with Gasteiger partial charge in [-0.3, -0.25) is 4.79 Å². The van der Waals surface area contributed by atoms with Crippen LogP contribution in [-0.4, -0.2) is 24.9 Å². The molecule has 0 bridgehead atoms. The summed E-state index contributed by atoms with van der Waals surface area (Å²) >= 11 is 0. The molecule has 1 aliphatic rings. The van der Waals surface area contributed by atoms with Crippen LogP contribution in [0.25, 0.3) is 0 Å². The van der Waals surface area contributed by atoms with Crippen molar-refractivity contribution in [1.82, 2.24) is 0 Å². The maximum Gasteiger partial charge on any atom is 0.338 e. The summed E-state index contributed by atoms with van der Waals surface area (Å²) < 4.78 is 45.7. The van der Waals surface area contributed by atoms with Crippen molar-refractivity contribution in [1.29, 1.82) is 0 Å². The molecule has 2 aromatic rings. The lowest BCUT2D eigenvalue weighted by Gasteiger charge is -2.32. The predicted molar refractivity (Wildman–Crippen MR) is 84.3 cm³/mol. The van der Waals surface area contributed by atoms with Gasteiger partial charge >= 0.3 is 5.97 Å². The Morgan fingerprint density at radius 3 is 2.48 bits per heavy atom. The van der Waals surface area contributed by atoms with Crippen molar-refractivity contribution in [2.45, 2.75) is 18.9 Å². The van der Waals surface area contributed by atoms with Crippen molar-refractivity contribution >= 4 is 17.4 Å². The molecule has 7 heteroatoms. The predicted octanol–water partition coefficient (Wildman–Crippen LogP) is 3.67. The number of fused-ring (bicyclic) bond motifs is 1. The van der Waals surface area contributed by atoms with Crippen LogP contribution in [0.4, 0.5) is 18.9 Å². The Balaban J connectivity index is 2.17. The molecule has 0 saturated heterocycles. The van der Waals surface area contributed by atoms with Crippen LogP contribution in [0.1, 0.15) is 39.1 Å². The molecule has 130 valence electrons. The molecule has 4 nitrogen and oxygen atoms in total. The molecule has 2 aromatic carbocycles. The largest absolute Gasteiger partial charge is 0.465 e. The van der Waals surface area contributed by atoms with Gasteiger partial charge in [0.05, 0.1) is 24.2 Å². The maximum atomic E-state index is 14.2. The Hall–Kier alpha value is -2.83. The van der Waals surface area contributed by atoms with Crippen molar-refractivity contribution in [3.63, 3.8) is 0 Å². The normalized spacial score (nSPS) is 19.2. The molecule has 1 aliphatic heterocycles. The first-order valence-corrected chi connectivity index (χ1v) is 7.51. The van der Waals surface area contributed by atoms with E-state index in [1.807, 2.05) is 0 Å². The Bertz CT molecular complexity index is 882. The maximum absolute atomic E-state index is 14.2. The van der Waals surface area contributed by atoms with E-state index in [9.17, 15) is 22.8 Å². The van der Waals surface area contributed by atoms with Crippen LogP contribution in [0.2, 0.25) is 0 Å². The molecular formula is C18H14F3NO3. The number of carbonyl (C=O) groups is 2. The third-order valence-electron chi connectivity index (χ3n) is 4.22. The zero-order valence-corrected chi connectivity index (χ0v) is 13.4. The number of nitrogens with one attached hydrogen (secondary N) is 1. The average molecular weight is 349 g/mol. The number of rotatable bonds is 2. The number of Topliss-reactive ketones (excluding diaryl/α,β-unsaturated/α-hetero) is 1. The molecule has 1 heterocycles. The monoisotopic (exact) mass is 349 g/mol. The highest BCUT2D eigenvalue weighted by molar-refractivity contribution is 6.14. The van der Waals surface area contributed by atoms with Crippen LogP contribution in [-0.2, 0) is 4.74 Å². The first-order valence-electron chi connectivity index (χ1n) is 7.51. The number of halogens is 3. The Morgan fingerprint density at radius 1 is 1.12 bits per heavy atom. The standard InChI is InChI=1S/C18H14F3NO3/c1-8-15(11-4-3-9(19)6-13(11)21)17(23)16-12(18(24)25-2)5-10(20)7-14(16)22-8/h3-8,15,22H,1-2H3. The van der Waals surface area contributed by atoms with Gasteiger partial charge in [-0.2, -0.15) is 0 Å². The van der Waals surface area contributed by atoms with Gasteiger partial charge < -0.3 is 10.1 Å². The van der Waals surface area contributed by atoms with E-state index in [1.54, 1.807) is 6.92 Å². The molecule has 0 amide bonds. The molecule has 2 unspecified atom stereocenters. The van der Waals surface area contributed by atoms with E-state index in [0.29, 0.717) is 6.07 Å². The Morgan fingerprint density at radius 2 is 1.84 bits per heavy atom. The highest BCUT2D eigenvalue weighted by Gasteiger charge is 2.38. The zero-order valence-electron chi connectivity index (χ0n) is 13.4. The van der Waals surface area contributed by atoms with E-state index in [-0.39, 0.29) is 22.4 Å². The van der Waals surface area contributed by atoms with Crippen LogP contribution >= 0.6 is 0 Å². The van der Waals surface area contributed by atoms with Crippen molar-refractivity contribution in [3.8, 4) is 0 Å². The van der Waals surface area contributed by atoms with Gasteiger partial charge in [0, 0.05) is 23.4 Å². The molecule has 2 atom stereocenters. The van der Waals surface area contributed by atoms with E-state index in [0.717, 1.165) is 25.3 Å². The molecule has 0 aromatic heterocycles. The van der Waals surface area contributed by atoms with Crippen LogP contribution in [0.15, 0.2) is 30.3 Å². The Kier molecular flexibility index (Phi) is 4.24. The van der Waals surface area contributed by atoms with E-state index < -0.39 is 41.2 Å². The molecule has 0 saturated carbocycles. The lowest BCUT2D eigenvalue weighted by Crippen LogP contribution is -2.37. The van der Waals surface area contributed by atoms with Gasteiger partial charge in [0.15, 0.2) is 5.78 Å². The third-order valence-corrected chi connectivity index (χ3v) is 4.22. The smallest absolute Gasteiger partial charge is 0.338 e. The van der Waals surface area contributed by atoms with Crippen molar-refractivity contribution in [2.75, 3.05) is 12.4 Å². The number of ether oxygens (including phenoxy) is 1. The fourth-order valence-corrected chi connectivity index (χ4v) is 3.13. The van der Waals surface area contributed by atoms with Crippen LogP contribution < -0.4 is 5.32 Å². The van der Waals surface area contributed by atoms with Gasteiger partial charge in [0.1, 0.15) is 17.5 Å². The topological polar surface area (TPSA) is 55.4 Å². The summed E-state index contributed by atoms with van der Waals surface area (Å²) in [6.45, 7) is 1.62. The lowest BCUT2D eigenvalue weighted by atomic mass is 9.80. The quantitative estimate of drug-likeness (QED) is 0.841. The van der Waals surface area contributed by atoms with Crippen molar-refractivity contribution in [2.24, 2.45) is 0 Å². The second kappa shape index (κ2) is 6.23. The Labute approximate surface area is 141 Å². The summed E-state index contributed by atoms with van der Waals surface area (Å²) in [6, 6.07) is 4.34.